The van der Waals surface area contributed by atoms with E-state index in [0.717, 1.165) is 11.1 Å². The van der Waals surface area contributed by atoms with E-state index in [-0.39, 0.29) is 30.7 Å². The molecule has 0 fully saturated rings. The molecule has 6 nitrogen and oxygen atoms in total. The van der Waals surface area contributed by atoms with Crippen LogP contribution in [0.15, 0.2) is 48.5 Å². The van der Waals surface area contributed by atoms with Crippen LogP contribution in [0, 0.1) is 20.2 Å². The van der Waals surface area contributed by atoms with E-state index in [1.165, 1.54) is 12.1 Å². The van der Waals surface area contributed by atoms with Gasteiger partial charge in [0.25, 0.3) is 11.4 Å². The standard InChI is InChI=1S/C20H24N2O4S/c1-19(2,13-15-7-5-9-17(11-15)21(23)24)27-20(3,4)14-16-8-6-10-18(12-16)22(25)26/h5-12H,13-14H2,1-4H3. The van der Waals surface area contributed by atoms with Crippen molar-refractivity contribution in [3.63, 3.8) is 0 Å². The van der Waals surface area contributed by atoms with Gasteiger partial charge >= 0.3 is 0 Å². The molecular formula is C20H24N2O4S. The number of hydrogen-bond donors (Lipinski definition) is 0. The summed E-state index contributed by atoms with van der Waals surface area (Å²) in [5, 5.41) is 22.0. The Morgan fingerprint density at radius 2 is 1.15 bits per heavy atom. The zero-order valence-electron chi connectivity index (χ0n) is 16.0. The lowest BCUT2D eigenvalue weighted by atomic mass is 10.0. The summed E-state index contributed by atoms with van der Waals surface area (Å²) in [5.41, 5.74) is 2.05. The van der Waals surface area contributed by atoms with Crippen LogP contribution in [0.4, 0.5) is 11.4 Å². The van der Waals surface area contributed by atoms with Crippen LogP contribution in [0.3, 0.4) is 0 Å². The van der Waals surface area contributed by atoms with Crippen molar-refractivity contribution in [1.82, 2.24) is 0 Å². The second kappa shape index (κ2) is 8.08. The zero-order valence-corrected chi connectivity index (χ0v) is 16.8. The minimum Gasteiger partial charge on any atom is -0.258 e. The van der Waals surface area contributed by atoms with E-state index in [9.17, 15) is 20.2 Å². The van der Waals surface area contributed by atoms with E-state index >= 15 is 0 Å². The Morgan fingerprint density at radius 3 is 1.48 bits per heavy atom. The molecule has 27 heavy (non-hydrogen) atoms. The van der Waals surface area contributed by atoms with Crippen molar-refractivity contribution in [2.24, 2.45) is 0 Å². The van der Waals surface area contributed by atoms with Gasteiger partial charge in [-0.2, -0.15) is 0 Å². The molecule has 0 N–H and O–H groups in total. The number of nitrogens with zero attached hydrogens (tertiary/aromatic N) is 2. The van der Waals surface area contributed by atoms with Crippen LogP contribution < -0.4 is 0 Å². The number of non-ortho nitro benzene ring substituents is 2. The molecule has 0 unspecified atom stereocenters. The van der Waals surface area contributed by atoms with Gasteiger partial charge in [0.1, 0.15) is 0 Å². The Labute approximate surface area is 163 Å². The van der Waals surface area contributed by atoms with Crippen molar-refractivity contribution in [3.05, 3.63) is 79.9 Å². The highest BCUT2D eigenvalue weighted by Crippen LogP contribution is 2.41. The Kier molecular flexibility index (Phi) is 6.26. The van der Waals surface area contributed by atoms with Gasteiger partial charge in [0, 0.05) is 33.8 Å². The van der Waals surface area contributed by atoms with Crippen LogP contribution in [0.1, 0.15) is 38.8 Å². The van der Waals surface area contributed by atoms with E-state index in [4.69, 9.17) is 0 Å². The minimum atomic E-state index is -0.379. The molecule has 2 aromatic carbocycles. The lowest BCUT2D eigenvalue weighted by Gasteiger charge is -2.35. The van der Waals surface area contributed by atoms with Crippen molar-refractivity contribution in [1.29, 1.82) is 0 Å². The van der Waals surface area contributed by atoms with Crippen LogP contribution in [0.5, 0.6) is 0 Å². The second-order valence-corrected chi connectivity index (χ2v) is 10.2. The Balaban J connectivity index is 2.10. The molecule has 0 aromatic heterocycles. The maximum Gasteiger partial charge on any atom is 0.269 e. The van der Waals surface area contributed by atoms with Crippen molar-refractivity contribution in [2.75, 3.05) is 0 Å². The fourth-order valence-corrected chi connectivity index (χ4v) is 5.34. The van der Waals surface area contributed by atoms with E-state index in [1.807, 2.05) is 12.1 Å². The summed E-state index contributed by atoms with van der Waals surface area (Å²) in [4.78, 5) is 21.2. The fourth-order valence-electron chi connectivity index (χ4n) is 3.36. The lowest BCUT2D eigenvalue weighted by molar-refractivity contribution is -0.385. The van der Waals surface area contributed by atoms with Gasteiger partial charge in [-0.15, -0.1) is 11.8 Å². The summed E-state index contributed by atoms with van der Waals surface area (Å²) in [6.45, 7) is 8.47. The summed E-state index contributed by atoms with van der Waals surface area (Å²) in [6.07, 6.45) is 1.38. The van der Waals surface area contributed by atoms with Gasteiger partial charge in [0.05, 0.1) is 9.85 Å². The molecule has 2 aromatic rings. The average molecular weight is 388 g/mol. The van der Waals surface area contributed by atoms with Gasteiger partial charge in [-0.05, 0) is 24.0 Å². The van der Waals surface area contributed by atoms with Crippen molar-refractivity contribution in [2.45, 2.75) is 50.0 Å². The van der Waals surface area contributed by atoms with Gasteiger partial charge < -0.3 is 0 Å². The molecule has 0 saturated heterocycles. The van der Waals surface area contributed by atoms with Crippen LogP contribution in [0.2, 0.25) is 0 Å². The molecule has 0 bridgehead atoms. The highest BCUT2D eigenvalue weighted by molar-refractivity contribution is 8.01. The van der Waals surface area contributed by atoms with E-state index in [0.29, 0.717) is 12.8 Å². The van der Waals surface area contributed by atoms with Crippen LogP contribution in [-0.2, 0) is 12.8 Å². The number of rotatable bonds is 8. The van der Waals surface area contributed by atoms with Crippen LogP contribution >= 0.6 is 11.8 Å². The Bertz CT molecular complexity index is 780. The maximum atomic E-state index is 11.0. The largest absolute Gasteiger partial charge is 0.269 e. The SMILES string of the molecule is CC(C)(Cc1cccc([N+](=O)[O-])c1)SC(C)(C)Cc1cccc([N+](=O)[O-])c1. The predicted molar refractivity (Wildman–Crippen MR) is 109 cm³/mol. The summed E-state index contributed by atoms with van der Waals surface area (Å²) in [7, 11) is 0. The molecule has 0 atom stereocenters. The summed E-state index contributed by atoms with van der Waals surface area (Å²) >= 11 is 1.78. The van der Waals surface area contributed by atoms with E-state index in [2.05, 4.69) is 27.7 Å². The lowest BCUT2D eigenvalue weighted by Crippen LogP contribution is -2.30. The molecule has 0 aliphatic carbocycles. The highest BCUT2D eigenvalue weighted by Gasteiger charge is 2.30. The smallest absolute Gasteiger partial charge is 0.258 e. The zero-order chi connectivity index (χ0) is 20.2. The third-order valence-corrected chi connectivity index (χ3v) is 5.45. The number of nitro groups is 2. The first-order valence-corrected chi connectivity index (χ1v) is 9.46. The van der Waals surface area contributed by atoms with Crippen molar-refractivity contribution < 1.29 is 9.85 Å². The van der Waals surface area contributed by atoms with Gasteiger partial charge in [0.15, 0.2) is 0 Å². The molecule has 0 radical (unpaired) electrons. The fraction of sp³-hybridized carbons (Fsp3) is 0.400. The third kappa shape index (κ3) is 6.36. The van der Waals surface area contributed by atoms with Gasteiger partial charge in [-0.3, -0.25) is 20.2 Å². The molecule has 0 spiro atoms. The van der Waals surface area contributed by atoms with Gasteiger partial charge in [0.2, 0.25) is 0 Å². The molecule has 2 rings (SSSR count). The maximum absolute atomic E-state index is 11.0. The summed E-state index contributed by atoms with van der Waals surface area (Å²) in [5.74, 6) is 0. The summed E-state index contributed by atoms with van der Waals surface area (Å²) in [6, 6.07) is 13.5. The molecular weight excluding hydrogens is 364 g/mol. The normalized spacial score (nSPS) is 12.0. The van der Waals surface area contributed by atoms with E-state index < -0.39 is 0 Å². The number of benzene rings is 2. The van der Waals surface area contributed by atoms with Crippen molar-refractivity contribution in [3.8, 4) is 0 Å². The quantitative estimate of drug-likeness (QED) is 0.435. The number of nitro benzene ring substituents is 2. The number of hydrogen-bond acceptors (Lipinski definition) is 5. The average Bonchev–Trinajstić information content (AvgIpc) is 2.53. The first-order valence-electron chi connectivity index (χ1n) is 8.64. The number of thioether (sulfide) groups is 1. The molecule has 0 amide bonds. The van der Waals surface area contributed by atoms with Gasteiger partial charge in [-0.25, -0.2) is 0 Å². The third-order valence-electron chi connectivity index (χ3n) is 4.06. The minimum absolute atomic E-state index is 0.101. The molecule has 0 heterocycles. The molecule has 144 valence electrons. The topological polar surface area (TPSA) is 86.3 Å². The Hall–Kier alpha value is -2.41. The summed E-state index contributed by atoms with van der Waals surface area (Å²) < 4.78 is -0.307. The highest BCUT2D eigenvalue weighted by atomic mass is 32.2. The molecule has 7 heteroatoms. The first-order chi connectivity index (χ1) is 12.5. The van der Waals surface area contributed by atoms with Crippen molar-refractivity contribution >= 4 is 23.1 Å². The van der Waals surface area contributed by atoms with Gasteiger partial charge in [-0.1, -0.05) is 52.0 Å². The van der Waals surface area contributed by atoms with Crippen LogP contribution in [0.25, 0.3) is 0 Å². The molecule has 0 saturated carbocycles. The van der Waals surface area contributed by atoms with E-state index in [1.54, 1.807) is 36.0 Å². The molecule has 0 aliphatic rings. The predicted octanol–water partition coefficient (Wildman–Crippen LogP) is 5.58. The Morgan fingerprint density at radius 1 is 0.778 bits per heavy atom. The molecule has 0 aliphatic heterocycles. The van der Waals surface area contributed by atoms with Crippen LogP contribution in [-0.4, -0.2) is 19.3 Å². The second-order valence-electron chi connectivity index (χ2n) is 7.83. The monoisotopic (exact) mass is 388 g/mol. The first kappa shape index (κ1) is 20.9.